The highest BCUT2D eigenvalue weighted by atomic mass is 79.9. The van der Waals surface area contributed by atoms with Gasteiger partial charge in [-0.05, 0) is 83.8 Å². The SMILES string of the molecule is COc1ccc(/C(Br)=C(\C=C\C(=O)N2CCCCC2)CC(=O)N2CCCCC2)cc1OC. The van der Waals surface area contributed by atoms with Crippen molar-refractivity contribution in [2.45, 2.75) is 44.9 Å². The maximum absolute atomic E-state index is 13.0. The molecule has 0 N–H and O–H groups in total. The Morgan fingerprint density at radius 2 is 1.47 bits per heavy atom. The molecule has 2 saturated heterocycles. The van der Waals surface area contributed by atoms with Crippen molar-refractivity contribution < 1.29 is 19.1 Å². The van der Waals surface area contributed by atoms with Crippen molar-refractivity contribution in [1.82, 2.24) is 9.80 Å². The summed E-state index contributed by atoms with van der Waals surface area (Å²) < 4.78 is 11.5. The van der Waals surface area contributed by atoms with Crippen LogP contribution in [0.1, 0.15) is 50.5 Å². The molecule has 6 nitrogen and oxygen atoms in total. The molecule has 174 valence electrons. The minimum absolute atomic E-state index is 0.000216. The molecule has 0 bridgehead atoms. The number of halogens is 1. The van der Waals surface area contributed by atoms with Crippen LogP contribution < -0.4 is 9.47 Å². The van der Waals surface area contributed by atoms with Crippen molar-refractivity contribution in [3.8, 4) is 11.5 Å². The summed E-state index contributed by atoms with van der Waals surface area (Å²) in [6.07, 6.45) is 10.2. The predicted octanol–water partition coefficient (Wildman–Crippen LogP) is 4.78. The van der Waals surface area contributed by atoms with E-state index in [0.717, 1.165) is 67.5 Å². The van der Waals surface area contributed by atoms with Crippen LogP contribution in [0.25, 0.3) is 4.48 Å². The van der Waals surface area contributed by atoms with Gasteiger partial charge in [0.05, 0.1) is 20.6 Å². The number of likely N-dealkylation sites (tertiary alicyclic amines) is 2. The molecule has 0 unspecified atom stereocenters. The number of benzene rings is 1. The first-order valence-electron chi connectivity index (χ1n) is 11.4. The Hall–Kier alpha value is -2.28. The van der Waals surface area contributed by atoms with Crippen molar-refractivity contribution in [3.05, 3.63) is 41.5 Å². The lowest BCUT2D eigenvalue weighted by molar-refractivity contribution is -0.131. The van der Waals surface area contributed by atoms with E-state index < -0.39 is 0 Å². The first-order chi connectivity index (χ1) is 15.5. The van der Waals surface area contributed by atoms with Gasteiger partial charge in [0, 0.05) is 36.7 Å². The van der Waals surface area contributed by atoms with Crippen LogP contribution in [0.3, 0.4) is 0 Å². The molecule has 2 heterocycles. The first-order valence-corrected chi connectivity index (χ1v) is 12.2. The van der Waals surface area contributed by atoms with E-state index in [1.54, 1.807) is 26.4 Å². The fourth-order valence-electron chi connectivity index (χ4n) is 4.18. The summed E-state index contributed by atoms with van der Waals surface area (Å²) in [4.78, 5) is 29.5. The van der Waals surface area contributed by atoms with E-state index in [1.165, 1.54) is 12.8 Å². The molecule has 32 heavy (non-hydrogen) atoms. The van der Waals surface area contributed by atoms with Gasteiger partial charge in [0.1, 0.15) is 0 Å². The van der Waals surface area contributed by atoms with E-state index in [4.69, 9.17) is 9.47 Å². The zero-order valence-electron chi connectivity index (χ0n) is 19.1. The van der Waals surface area contributed by atoms with Crippen molar-refractivity contribution in [3.63, 3.8) is 0 Å². The van der Waals surface area contributed by atoms with Crippen LogP contribution in [-0.2, 0) is 9.59 Å². The number of carbonyl (C=O) groups excluding carboxylic acids is 2. The lowest BCUT2D eigenvalue weighted by Crippen LogP contribution is -2.35. The highest BCUT2D eigenvalue weighted by molar-refractivity contribution is 9.15. The van der Waals surface area contributed by atoms with Gasteiger partial charge < -0.3 is 19.3 Å². The molecule has 0 atom stereocenters. The number of rotatable bonds is 7. The average Bonchev–Trinajstić information content (AvgIpc) is 2.86. The highest BCUT2D eigenvalue weighted by Gasteiger charge is 2.20. The standard InChI is InChI=1S/C25H33BrN2O4/c1-31-21-11-9-19(17-22(21)32-2)25(26)20(18-24(30)28-15-7-4-8-16-28)10-12-23(29)27-13-5-3-6-14-27/h9-12,17H,3-8,13-16,18H2,1-2H3/b12-10+,25-20-. The topological polar surface area (TPSA) is 59.1 Å². The van der Waals surface area contributed by atoms with Crippen LogP contribution in [0.15, 0.2) is 35.9 Å². The summed E-state index contributed by atoms with van der Waals surface area (Å²) >= 11 is 3.70. The van der Waals surface area contributed by atoms with Gasteiger partial charge in [0.25, 0.3) is 0 Å². The van der Waals surface area contributed by atoms with Crippen LogP contribution in [0.4, 0.5) is 0 Å². The molecule has 0 spiro atoms. The third-order valence-corrected chi connectivity index (χ3v) is 7.03. The smallest absolute Gasteiger partial charge is 0.246 e. The van der Waals surface area contributed by atoms with Gasteiger partial charge in [-0.3, -0.25) is 9.59 Å². The van der Waals surface area contributed by atoms with Gasteiger partial charge in [0.2, 0.25) is 11.8 Å². The molecule has 0 aliphatic carbocycles. The summed E-state index contributed by atoms with van der Waals surface area (Å²) in [7, 11) is 3.19. The van der Waals surface area contributed by atoms with Crippen molar-refractivity contribution in [2.75, 3.05) is 40.4 Å². The molecule has 0 aromatic heterocycles. The molecular weight excluding hydrogens is 472 g/mol. The monoisotopic (exact) mass is 504 g/mol. The number of methoxy groups -OCH3 is 2. The number of hydrogen-bond acceptors (Lipinski definition) is 4. The summed E-state index contributed by atoms with van der Waals surface area (Å²) in [5, 5.41) is 0. The van der Waals surface area contributed by atoms with E-state index in [2.05, 4.69) is 15.9 Å². The quantitative estimate of drug-likeness (QED) is 0.395. The number of carbonyl (C=O) groups is 2. The second-order valence-electron chi connectivity index (χ2n) is 8.25. The number of amides is 2. The molecule has 2 amide bonds. The van der Waals surface area contributed by atoms with Gasteiger partial charge in [-0.15, -0.1) is 0 Å². The minimum atomic E-state index is 0.000216. The Bertz CT molecular complexity index is 869. The fourth-order valence-corrected chi connectivity index (χ4v) is 4.70. The third-order valence-electron chi connectivity index (χ3n) is 6.06. The average molecular weight is 505 g/mol. The maximum atomic E-state index is 13.0. The number of hydrogen-bond donors (Lipinski definition) is 0. The highest BCUT2D eigenvalue weighted by Crippen LogP contribution is 2.35. The van der Waals surface area contributed by atoms with Gasteiger partial charge in [-0.1, -0.05) is 6.08 Å². The summed E-state index contributed by atoms with van der Waals surface area (Å²) in [6.45, 7) is 3.20. The normalized spacial score (nSPS) is 17.8. The number of allylic oxidation sites excluding steroid dienone is 1. The zero-order chi connectivity index (χ0) is 22.9. The lowest BCUT2D eigenvalue weighted by Gasteiger charge is -2.27. The van der Waals surface area contributed by atoms with Crippen LogP contribution in [0.2, 0.25) is 0 Å². The minimum Gasteiger partial charge on any atom is -0.493 e. The molecule has 2 fully saturated rings. The number of piperidine rings is 2. The van der Waals surface area contributed by atoms with E-state index in [0.29, 0.717) is 11.5 Å². The number of nitrogens with zero attached hydrogens (tertiary/aromatic N) is 2. The largest absolute Gasteiger partial charge is 0.493 e. The molecule has 1 aromatic rings. The molecule has 0 radical (unpaired) electrons. The van der Waals surface area contributed by atoms with Gasteiger partial charge in [-0.25, -0.2) is 0 Å². The van der Waals surface area contributed by atoms with Crippen LogP contribution in [-0.4, -0.2) is 62.0 Å². The Morgan fingerprint density at radius 1 is 0.875 bits per heavy atom. The van der Waals surface area contributed by atoms with Crippen molar-refractivity contribution in [1.29, 1.82) is 0 Å². The van der Waals surface area contributed by atoms with E-state index in [-0.39, 0.29) is 18.2 Å². The third kappa shape index (κ3) is 6.37. The number of ether oxygens (including phenoxy) is 2. The summed E-state index contributed by atoms with van der Waals surface area (Å²) in [6, 6.07) is 5.62. The molecule has 7 heteroatoms. The van der Waals surface area contributed by atoms with Gasteiger partial charge >= 0.3 is 0 Å². The van der Waals surface area contributed by atoms with Crippen LogP contribution in [0, 0.1) is 0 Å². The molecule has 2 aliphatic heterocycles. The molecule has 0 saturated carbocycles. The van der Waals surface area contributed by atoms with Crippen molar-refractivity contribution >= 4 is 32.2 Å². The Balaban J connectivity index is 1.88. The van der Waals surface area contributed by atoms with E-state index in [1.807, 2.05) is 28.0 Å². The van der Waals surface area contributed by atoms with Gasteiger partial charge in [0.15, 0.2) is 11.5 Å². The van der Waals surface area contributed by atoms with E-state index in [9.17, 15) is 9.59 Å². The Morgan fingerprint density at radius 3 is 2.06 bits per heavy atom. The van der Waals surface area contributed by atoms with Crippen LogP contribution >= 0.6 is 15.9 Å². The summed E-state index contributed by atoms with van der Waals surface area (Å²) in [5.41, 5.74) is 1.64. The van der Waals surface area contributed by atoms with Crippen LogP contribution in [0.5, 0.6) is 11.5 Å². The Kier molecular flexibility index (Phi) is 9.21. The summed E-state index contributed by atoms with van der Waals surface area (Å²) in [5.74, 6) is 1.34. The maximum Gasteiger partial charge on any atom is 0.246 e. The second kappa shape index (κ2) is 12.1. The predicted molar refractivity (Wildman–Crippen MR) is 130 cm³/mol. The molecule has 2 aliphatic rings. The fraction of sp³-hybridized carbons (Fsp3) is 0.520. The lowest BCUT2D eigenvalue weighted by atomic mass is 10.0. The zero-order valence-corrected chi connectivity index (χ0v) is 20.7. The van der Waals surface area contributed by atoms with E-state index >= 15 is 0 Å². The molecule has 1 aromatic carbocycles. The van der Waals surface area contributed by atoms with Gasteiger partial charge in [-0.2, -0.15) is 0 Å². The molecule has 3 rings (SSSR count). The first kappa shape index (κ1) is 24.4. The van der Waals surface area contributed by atoms with Crippen molar-refractivity contribution in [2.24, 2.45) is 0 Å². The second-order valence-corrected chi connectivity index (χ2v) is 9.04. The molecular formula is C25H33BrN2O4. The Labute approximate surface area is 199 Å².